The maximum Gasteiger partial charge on any atom is 2.00 e. The van der Waals surface area contributed by atoms with E-state index in [1.54, 1.807) is 0 Å². The fourth-order valence-corrected chi connectivity index (χ4v) is 4.95. The van der Waals surface area contributed by atoms with Crippen molar-refractivity contribution in [3.63, 3.8) is 0 Å². The van der Waals surface area contributed by atoms with Crippen LogP contribution in [0, 0.1) is 0 Å². The van der Waals surface area contributed by atoms with Gasteiger partial charge in [-0.3, -0.25) is 0 Å². The number of hydrogen-bond donors (Lipinski definition) is 4. The number of aromatic hydroxyl groups is 4. The van der Waals surface area contributed by atoms with Gasteiger partial charge in [-0.2, -0.15) is 0 Å². The minimum absolute atomic E-state index is 0. The van der Waals surface area contributed by atoms with Crippen LogP contribution in [0.25, 0.3) is 0 Å². The van der Waals surface area contributed by atoms with E-state index < -0.39 is 83.1 Å². The first kappa shape index (κ1) is 45.7. The van der Waals surface area contributed by atoms with Gasteiger partial charge in [-0.25, -0.2) is 33.7 Å². The van der Waals surface area contributed by atoms with E-state index in [1.807, 2.05) is 0 Å². The van der Waals surface area contributed by atoms with Crippen molar-refractivity contribution in [2.75, 3.05) is 0 Å². The Morgan fingerprint density at radius 1 is 0.348 bits per heavy atom. The van der Waals surface area contributed by atoms with Crippen molar-refractivity contribution >= 4 is 78.2 Å². The smallest absolute Gasteiger partial charge is 0.744 e. The molecule has 0 heterocycles. The van der Waals surface area contributed by atoms with Gasteiger partial charge < -0.3 is 38.6 Å². The van der Waals surface area contributed by atoms with Crippen LogP contribution in [0.1, 0.15) is 0 Å². The molecule has 0 fully saturated rings. The molecule has 0 aliphatic rings. The predicted octanol–water partition coefficient (Wildman–Crippen LogP) is 0.802. The summed E-state index contributed by atoms with van der Waals surface area (Å²) in [6.07, 6.45) is 0. The van der Waals surface area contributed by atoms with Gasteiger partial charge in [-0.15, -0.1) is 0 Å². The normalized spacial score (nSPS) is 10.9. The summed E-state index contributed by atoms with van der Waals surface area (Å²) in [5.41, 5.74) is 0. The molecule has 0 aliphatic heterocycles. The topological polar surface area (TPSA) is 310 Å². The number of rotatable bonds is 4. The zero-order valence-corrected chi connectivity index (χ0v) is 31.4. The summed E-state index contributed by atoms with van der Waals surface area (Å²) < 4.78 is 124. The molecule has 46 heavy (non-hydrogen) atoms. The van der Waals surface area contributed by atoms with Crippen LogP contribution >= 0.6 is 0 Å². The summed E-state index contributed by atoms with van der Waals surface area (Å²) in [4.78, 5) is -2.33. The van der Waals surface area contributed by atoms with Crippen molar-refractivity contribution in [1.29, 1.82) is 0 Å². The van der Waals surface area contributed by atoms with E-state index in [4.69, 9.17) is 20.4 Å². The molecule has 0 spiro atoms. The fraction of sp³-hybridized carbons (Fsp3) is 0. The van der Waals surface area contributed by atoms with Crippen LogP contribution in [-0.2, 0) is 60.0 Å². The monoisotopic (exact) mass is 796 g/mol. The average molecular weight is 798 g/mol. The van der Waals surface area contributed by atoms with Crippen LogP contribution < -0.4 is 0 Å². The zero-order valence-electron chi connectivity index (χ0n) is 23.0. The second-order valence-corrected chi connectivity index (χ2v) is 13.1. The summed E-state index contributed by atoms with van der Waals surface area (Å²) in [7, 11) is -18.1. The summed E-state index contributed by atoms with van der Waals surface area (Å²) in [5, 5.41) is 35.5. The van der Waals surface area contributed by atoms with Gasteiger partial charge in [0.1, 0.15) is 63.5 Å². The van der Waals surface area contributed by atoms with Crippen molar-refractivity contribution in [3.05, 3.63) is 97.1 Å². The molecule has 4 aromatic carbocycles. The quantitative estimate of drug-likeness (QED) is 0.164. The molecule has 0 aromatic heterocycles. The van der Waals surface area contributed by atoms with Gasteiger partial charge in [-0.05, 0) is 48.5 Å². The molecule has 4 N–H and O–H groups in total. The van der Waals surface area contributed by atoms with E-state index in [2.05, 4.69) is 0 Å². The number of phenols is 4. The van der Waals surface area contributed by atoms with E-state index in [9.17, 15) is 51.9 Å². The van der Waals surface area contributed by atoms with Crippen molar-refractivity contribution in [3.8, 4) is 23.0 Å². The molecule has 0 bridgehead atoms. The van der Waals surface area contributed by atoms with Crippen molar-refractivity contribution in [1.82, 2.24) is 0 Å². The Morgan fingerprint density at radius 3 is 0.565 bits per heavy atom. The molecule has 4 aromatic rings. The zero-order chi connectivity index (χ0) is 33.9. The van der Waals surface area contributed by atoms with Crippen LogP contribution in [0.4, 0.5) is 0 Å². The maximum absolute atomic E-state index is 10.3. The van der Waals surface area contributed by atoms with E-state index in [-0.39, 0.29) is 57.2 Å². The molecule has 16 nitrogen and oxygen atoms in total. The Balaban J connectivity index is 0. The van der Waals surface area contributed by atoms with Gasteiger partial charge in [-0.1, -0.05) is 48.5 Å². The number of para-hydroxylation sites is 4. The Morgan fingerprint density at radius 2 is 0.478 bits per heavy atom. The summed E-state index contributed by atoms with van der Waals surface area (Å²) in [5.74, 6) is -2.05. The number of benzene rings is 4. The van der Waals surface area contributed by atoms with Crippen LogP contribution in [0.5, 0.6) is 23.0 Å². The van der Waals surface area contributed by atoms with Crippen molar-refractivity contribution in [2.24, 2.45) is 0 Å². The van der Waals surface area contributed by atoms with Crippen molar-refractivity contribution in [2.45, 2.75) is 19.6 Å². The molecule has 0 saturated carbocycles. The molecular formula is C24H20CaO16S4Zn. The first-order valence-electron chi connectivity index (χ1n) is 11.0. The molecule has 0 radical (unpaired) electrons. The minimum atomic E-state index is -4.53. The molecular weight excluding hydrogens is 778 g/mol. The molecule has 22 heteroatoms. The molecule has 0 saturated heterocycles. The molecule has 0 aliphatic carbocycles. The summed E-state index contributed by atoms with van der Waals surface area (Å²) in [6.45, 7) is 0. The first-order valence-corrected chi connectivity index (χ1v) is 16.7. The Hall–Kier alpha value is -2.40. The molecule has 4 rings (SSSR count). The summed E-state index contributed by atoms with van der Waals surface area (Å²) >= 11 is 0. The van der Waals surface area contributed by atoms with E-state index in [0.29, 0.717) is 0 Å². The standard InChI is InChI=1S/4C6H6O4S.Ca.Zn/c4*7-5-3-1-2-4-6(5)11(8,9)10;;/h4*1-4,7H,(H,8,9,10);;/q;;;;2*+2/p-4. The third-order valence-electron chi connectivity index (χ3n) is 4.54. The Bertz CT molecular complexity index is 1730. The third-order valence-corrected chi connectivity index (χ3v) is 8.07. The van der Waals surface area contributed by atoms with Gasteiger partial charge in [0.25, 0.3) is 0 Å². The van der Waals surface area contributed by atoms with E-state index >= 15 is 0 Å². The minimum Gasteiger partial charge on any atom is -0.744 e. The number of hydrogen-bond acceptors (Lipinski definition) is 16. The first-order chi connectivity index (χ1) is 20.1. The maximum atomic E-state index is 10.3. The third kappa shape index (κ3) is 15.9. The summed E-state index contributed by atoms with van der Waals surface area (Å²) in [6, 6.07) is 20.0. The second-order valence-electron chi connectivity index (χ2n) is 7.69. The SMILES string of the molecule is O=S(=O)([O-])c1ccccc1O.O=S(=O)([O-])c1ccccc1O.O=S(=O)([O-])c1ccccc1O.O=S(=O)([O-])c1ccccc1O.[Ca+2].[Zn+2]. The van der Waals surface area contributed by atoms with Crippen LogP contribution in [0.3, 0.4) is 0 Å². The van der Waals surface area contributed by atoms with Gasteiger partial charge in [0.2, 0.25) is 0 Å². The van der Waals surface area contributed by atoms with Crippen LogP contribution in [0.15, 0.2) is 117 Å². The second kappa shape index (κ2) is 19.4. The molecule has 0 atom stereocenters. The Labute approximate surface area is 306 Å². The van der Waals surface area contributed by atoms with E-state index in [0.717, 1.165) is 48.5 Å². The largest absolute Gasteiger partial charge is 2.00 e. The van der Waals surface area contributed by atoms with Crippen LogP contribution in [0.2, 0.25) is 0 Å². The number of phenolic OH excluding ortho intramolecular Hbond substituents is 4. The van der Waals surface area contributed by atoms with Gasteiger partial charge in [0, 0.05) is 0 Å². The molecule has 0 unspecified atom stereocenters. The van der Waals surface area contributed by atoms with Crippen molar-refractivity contribution < 1.29 is 91.8 Å². The average Bonchev–Trinajstić information content (AvgIpc) is 2.88. The van der Waals surface area contributed by atoms with E-state index in [1.165, 1.54) is 48.5 Å². The fourth-order valence-electron chi connectivity index (χ4n) is 2.67. The van der Waals surface area contributed by atoms with Gasteiger partial charge in [0.15, 0.2) is 0 Å². The predicted molar refractivity (Wildman–Crippen MR) is 150 cm³/mol. The van der Waals surface area contributed by atoms with Gasteiger partial charge >= 0.3 is 57.2 Å². The molecule has 0 amide bonds. The van der Waals surface area contributed by atoms with Crippen LogP contribution in [-0.4, -0.2) is 110 Å². The Kier molecular flexibility index (Phi) is 19.3. The molecule has 240 valence electrons. The van der Waals surface area contributed by atoms with Gasteiger partial charge in [0.05, 0.1) is 19.6 Å².